The van der Waals surface area contributed by atoms with Crippen LogP contribution in [0.15, 0.2) is 30.3 Å². The first-order valence-corrected chi connectivity index (χ1v) is 6.20. The number of hydrogen-bond acceptors (Lipinski definition) is 4. The highest BCUT2D eigenvalue weighted by Crippen LogP contribution is 2.19. The van der Waals surface area contributed by atoms with E-state index in [4.69, 9.17) is 9.47 Å². The molecule has 0 aromatic heterocycles. The summed E-state index contributed by atoms with van der Waals surface area (Å²) in [5.74, 6) is 0. The molecule has 1 aromatic carbocycles. The summed E-state index contributed by atoms with van der Waals surface area (Å²) in [6, 6.07) is 8.98. The van der Waals surface area contributed by atoms with Gasteiger partial charge in [-0.05, 0) is 5.56 Å². The van der Waals surface area contributed by atoms with Gasteiger partial charge in [-0.25, -0.2) is 4.79 Å². The van der Waals surface area contributed by atoms with E-state index in [1.807, 2.05) is 30.3 Å². The Balaban J connectivity index is 1.90. The Morgan fingerprint density at radius 1 is 1.42 bits per heavy atom. The highest BCUT2D eigenvalue weighted by molar-refractivity contribution is 5.74. The van der Waals surface area contributed by atoms with Crippen LogP contribution in [0.3, 0.4) is 0 Å². The highest BCUT2D eigenvalue weighted by atomic mass is 16.6. The summed E-state index contributed by atoms with van der Waals surface area (Å²) in [4.78, 5) is 24.3. The molecular formula is C14H17NO4. The zero-order chi connectivity index (χ0) is 13.7. The summed E-state index contributed by atoms with van der Waals surface area (Å²) in [5, 5.41) is 0. The second kappa shape index (κ2) is 6.33. The number of carbonyl (C=O) groups excluding carboxylic acids is 2. The van der Waals surface area contributed by atoms with Crippen LogP contribution in [0.1, 0.15) is 12.0 Å². The molecule has 2 atom stereocenters. The number of amides is 1. The maximum atomic E-state index is 11.9. The molecule has 102 valence electrons. The fourth-order valence-electron chi connectivity index (χ4n) is 2.14. The number of hydrogen-bond donors (Lipinski definition) is 0. The van der Waals surface area contributed by atoms with E-state index in [2.05, 4.69) is 0 Å². The van der Waals surface area contributed by atoms with Crippen LogP contribution in [0.5, 0.6) is 0 Å². The molecular weight excluding hydrogens is 246 g/mol. The van der Waals surface area contributed by atoms with Gasteiger partial charge in [-0.1, -0.05) is 30.3 Å². The third kappa shape index (κ3) is 3.32. The molecule has 2 unspecified atom stereocenters. The number of likely N-dealkylation sites (tertiary alicyclic amines) is 1. The third-order valence-electron chi connectivity index (χ3n) is 3.24. The predicted octanol–water partition coefficient (Wildman–Crippen LogP) is 1.61. The molecule has 0 radical (unpaired) electrons. The second-order valence-corrected chi connectivity index (χ2v) is 4.49. The number of ether oxygens (including phenoxy) is 2. The van der Waals surface area contributed by atoms with Crippen LogP contribution < -0.4 is 0 Å². The quantitative estimate of drug-likeness (QED) is 0.774. The Hall–Kier alpha value is -1.88. The van der Waals surface area contributed by atoms with E-state index in [0.29, 0.717) is 13.0 Å². The normalized spacial score (nSPS) is 22.3. The number of aldehydes is 1. The SMILES string of the molecule is COC1CC(C=O)N(C(=O)OCc2ccccc2)C1. The predicted molar refractivity (Wildman–Crippen MR) is 68.6 cm³/mol. The van der Waals surface area contributed by atoms with Crippen molar-refractivity contribution in [3.8, 4) is 0 Å². The Kier molecular flexibility index (Phi) is 4.52. The molecule has 5 heteroatoms. The van der Waals surface area contributed by atoms with E-state index in [1.165, 1.54) is 4.90 Å². The average Bonchev–Trinajstić information content (AvgIpc) is 2.89. The third-order valence-corrected chi connectivity index (χ3v) is 3.24. The number of carbonyl (C=O) groups is 2. The second-order valence-electron chi connectivity index (χ2n) is 4.49. The van der Waals surface area contributed by atoms with Crippen molar-refractivity contribution in [1.29, 1.82) is 0 Å². The number of methoxy groups -OCH3 is 1. The molecule has 19 heavy (non-hydrogen) atoms. The average molecular weight is 263 g/mol. The minimum Gasteiger partial charge on any atom is -0.445 e. The monoisotopic (exact) mass is 263 g/mol. The molecule has 2 rings (SSSR count). The van der Waals surface area contributed by atoms with Crippen molar-refractivity contribution in [2.75, 3.05) is 13.7 Å². The minimum atomic E-state index is -0.472. The van der Waals surface area contributed by atoms with Gasteiger partial charge in [-0.2, -0.15) is 0 Å². The van der Waals surface area contributed by atoms with Crippen molar-refractivity contribution in [3.63, 3.8) is 0 Å². The van der Waals surface area contributed by atoms with Crippen molar-refractivity contribution in [2.45, 2.75) is 25.2 Å². The van der Waals surface area contributed by atoms with Crippen LogP contribution in [-0.2, 0) is 20.9 Å². The van der Waals surface area contributed by atoms with Gasteiger partial charge in [0.25, 0.3) is 0 Å². The van der Waals surface area contributed by atoms with Gasteiger partial charge in [0.05, 0.1) is 18.7 Å². The van der Waals surface area contributed by atoms with Crippen molar-refractivity contribution >= 4 is 12.4 Å². The van der Waals surface area contributed by atoms with Gasteiger partial charge < -0.3 is 14.3 Å². The first-order valence-electron chi connectivity index (χ1n) is 6.20. The molecule has 1 aliphatic rings. The van der Waals surface area contributed by atoms with E-state index < -0.39 is 12.1 Å². The molecule has 5 nitrogen and oxygen atoms in total. The largest absolute Gasteiger partial charge is 0.445 e. The number of benzene rings is 1. The molecule has 1 fully saturated rings. The van der Waals surface area contributed by atoms with Crippen molar-refractivity contribution in [3.05, 3.63) is 35.9 Å². The smallest absolute Gasteiger partial charge is 0.410 e. The van der Waals surface area contributed by atoms with Gasteiger partial charge in [0.1, 0.15) is 12.9 Å². The molecule has 1 amide bonds. The fraction of sp³-hybridized carbons (Fsp3) is 0.429. The molecule has 0 spiro atoms. The molecule has 1 saturated heterocycles. The summed E-state index contributed by atoms with van der Waals surface area (Å²) < 4.78 is 10.4. The fourth-order valence-corrected chi connectivity index (χ4v) is 2.14. The van der Waals surface area contributed by atoms with Crippen LogP contribution in [0, 0.1) is 0 Å². The van der Waals surface area contributed by atoms with Crippen molar-refractivity contribution < 1.29 is 19.1 Å². The summed E-state index contributed by atoms with van der Waals surface area (Å²) in [6.07, 6.45) is 0.725. The first kappa shape index (κ1) is 13.5. The molecule has 0 saturated carbocycles. The zero-order valence-electron chi connectivity index (χ0n) is 10.8. The standard InChI is InChI=1S/C14H17NO4/c1-18-13-7-12(9-16)15(8-13)14(17)19-10-11-5-3-2-4-6-11/h2-6,9,12-13H,7-8,10H2,1H3. The lowest BCUT2D eigenvalue weighted by atomic mass is 10.2. The van der Waals surface area contributed by atoms with Crippen LogP contribution in [-0.4, -0.2) is 43.1 Å². The van der Waals surface area contributed by atoms with Crippen molar-refractivity contribution in [1.82, 2.24) is 4.90 Å². The molecule has 0 aliphatic carbocycles. The topological polar surface area (TPSA) is 55.8 Å². The van der Waals surface area contributed by atoms with Crippen molar-refractivity contribution in [2.24, 2.45) is 0 Å². The molecule has 1 aromatic rings. The highest BCUT2D eigenvalue weighted by Gasteiger charge is 2.36. The van der Waals surface area contributed by atoms with Gasteiger partial charge in [0.15, 0.2) is 0 Å². The van der Waals surface area contributed by atoms with E-state index in [1.54, 1.807) is 7.11 Å². The van der Waals surface area contributed by atoms with Gasteiger partial charge in [-0.3, -0.25) is 4.90 Å². The number of rotatable bonds is 4. The summed E-state index contributed by atoms with van der Waals surface area (Å²) in [6.45, 7) is 0.604. The Labute approximate surface area is 112 Å². The van der Waals surface area contributed by atoms with Gasteiger partial charge >= 0.3 is 6.09 Å². The molecule has 1 heterocycles. The maximum absolute atomic E-state index is 11.9. The summed E-state index contributed by atoms with van der Waals surface area (Å²) in [5.41, 5.74) is 0.918. The molecule has 0 N–H and O–H groups in total. The Morgan fingerprint density at radius 2 is 2.16 bits per heavy atom. The summed E-state index contributed by atoms with van der Waals surface area (Å²) >= 11 is 0. The molecule has 1 aliphatic heterocycles. The van der Waals surface area contributed by atoms with E-state index >= 15 is 0 Å². The molecule has 0 bridgehead atoms. The van der Waals surface area contributed by atoms with Crippen LogP contribution in [0.2, 0.25) is 0 Å². The lowest BCUT2D eigenvalue weighted by molar-refractivity contribution is -0.111. The van der Waals surface area contributed by atoms with E-state index in [0.717, 1.165) is 11.8 Å². The Bertz CT molecular complexity index is 434. The lowest BCUT2D eigenvalue weighted by Crippen LogP contribution is -2.37. The lowest BCUT2D eigenvalue weighted by Gasteiger charge is -2.19. The van der Waals surface area contributed by atoms with E-state index in [-0.39, 0.29) is 12.7 Å². The van der Waals surface area contributed by atoms with Crippen LogP contribution in [0.4, 0.5) is 4.79 Å². The van der Waals surface area contributed by atoms with Gasteiger partial charge in [0, 0.05) is 13.5 Å². The first-order chi connectivity index (χ1) is 9.24. The maximum Gasteiger partial charge on any atom is 0.410 e. The van der Waals surface area contributed by atoms with E-state index in [9.17, 15) is 9.59 Å². The Morgan fingerprint density at radius 3 is 2.79 bits per heavy atom. The zero-order valence-corrected chi connectivity index (χ0v) is 10.8. The number of nitrogens with zero attached hydrogens (tertiary/aromatic N) is 1. The van der Waals surface area contributed by atoms with Crippen LogP contribution in [0.25, 0.3) is 0 Å². The minimum absolute atomic E-state index is 0.0977. The summed E-state index contributed by atoms with van der Waals surface area (Å²) in [7, 11) is 1.57. The van der Waals surface area contributed by atoms with Gasteiger partial charge in [-0.15, -0.1) is 0 Å². The van der Waals surface area contributed by atoms with Gasteiger partial charge in [0.2, 0.25) is 0 Å². The van der Waals surface area contributed by atoms with Crippen LogP contribution >= 0.6 is 0 Å².